The normalized spacial score (nSPS) is 10.5. The molecule has 3 rings (SSSR count). The van der Waals surface area contributed by atoms with Crippen LogP contribution < -0.4 is 5.32 Å². The van der Waals surface area contributed by atoms with Crippen LogP contribution in [0.1, 0.15) is 10.4 Å². The number of thiazole rings is 1. The molecular weight excluding hydrogens is 352 g/mol. The van der Waals surface area contributed by atoms with Crippen LogP contribution in [-0.2, 0) is 11.3 Å². The lowest BCUT2D eigenvalue weighted by Crippen LogP contribution is -2.11. The summed E-state index contributed by atoms with van der Waals surface area (Å²) >= 11 is 2.40. The maximum absolute atomic E-state index is 12.1. The Kier molecular flexibility index (Phi) is 4.82. The van der Waals surface area contributed by atoms with Crippen molar-refractivity contribution in [2.24, 2.45) is 0 Å². The number of tetrazole rings is 1. The lowest BCUT2D eigenvalue weighted by atomic mass is 10.2. The summed E-state index contributed by atoms with van der Waals surface area (Å²) in [4.78, 5) is 27.8. The second kappa shape index (κ2) is 7.19. The molecular formula is C13H10N6O3S2. The van der Waals surface area contributed by atoms with E-state index >= 15 is 0 Å². The highest BCUT2D eigenvalue weighted by Crippen LogP contribution is 2.31. The van der Waals surface area contributed by atoms with Crippen molar-refractivity contribution >= 4 is 40.0 Å². The zero-order valence-corrected chi connectivity index (χ0v) is 13.6. The SMILES string of the molecule is O=C(O)Cn1nnc(Sc2ncc(NC(=O)c3ccccc3)s2)n1. The number of rotatable bonds is 6. The maximum atomic E-state index is 12.1. The summed E-state index contributed by atoms with van der Waals surface area (Å²) in [5.41, 5.74) is 0.554. The van der Waals surface area contributed by atoms with E-state index in [1.807, 2.05) is 6.07 Å². The summed E-state index contributed by atoms with van der Waals surface area (Å²) in [7, 11) is 0. The molecule has 24 heavy (non-hydrogen) atoms. The number of carboxylic acids is 1. The number of hydrogen-bond acceptors (Lipinski definition) is 8. The summed E-state index contributed by atoms with van der Waals surface area (Å²) in [5.74, 6) is -1.27. The molecule has 2 heterocycles. The summed E-state index contributed by atoms with van der Waals surface area (Å²) < 4.78 is 0.605. The lowest BCUT2D eigenvalue weighted by Gasteiger charge is -2.00. The highest BCUT2D eigenvalue weighted by atomic mass is 32.2. The van der Waals surface area contributed by atoms with Crippen LogP contribution in [-0.4, -0.2) is 42.2 Å². The fraction of sp³-hybridized carbons (Fsp3) is 0.0769. The van der Waals surface area contributed by atoms with Gasteiger partial charge in [-0.15, -0.1) is 10.2 Å². The highest BCUT2D eigenvalue weighted by molar-refractivity contribution is 8.00. The quantitative estimate of drug-likeness (QED) is 0.678. The van der Waals surface area contributed by atoms with Crippen molar-refractivity contribution in [3.05, 3.63) is 42.1 Å². The van der Waals surface area contributed by atoms with Gasteiger partial charge in [-0.05, 0) is 29.1 Å². The average molecular weight is 362 g/mol. The molecule has 2 N–H and O–H groups in total. The van der Waals surface area contributed by atoms with E-state index in [2.05, 4.69) is 25.7 Å². The maximum Gasteiger partial charge on any atom is 0.327 e. The van der Waals surface area contributed by atoms with E-state index in [0.717, 1.165) is 16.6 Å². The topological polar surface area (TPSA) is 123 Å². The molecule has 0 unspecified atom stereocenters. The fourth-order valence-electron chi connectivity index (χ4n) is 1.67. The van der Waals surface area contributed by atoms with E-state index in [-0.39, 0.29) is 17.6 Å². The second-order valence-electron chi connectivity index (χ2n) is 4.41. The minimum absolute atomic E-state index is 0.221. The van der Waals surface area contributed by atoms with Crippen LogP contribution in [0.3, 0.4) is 0 Å². The number of nitrogens with zero attached hydrogens (tertiary/aromatic N) is 5. The molecule has 3 aromatic rings. The zero-order chi connectivity index (χ0) is 16.9. The van der Waals surface area contributed by atoms with E-state index in [1.165, 1.54) is 17.5 Å². The van der Waals surface area contributed by atoms with Crippen molar-refractivity contribution in [1.29, 1.82) is 0 Å². The first-order chi connectivity index (χ1) is 11.6. The van der Waals surface area contributed by atoms with Gasteiger partial charge in [0.05, 0.1) is 6.20 Å². The van der Waals surface area contributed by atoms with Gasteiger partial charge in [0.25, 0.3) is 5.91 Å². The largest absolute Gasteiger partial charge is 0.480 e. The number of nitrogens with one attached hydrogen (secondary N) is 1. The summed E-state index contributed by atoms with van der Waals surface area (Å²) in [6.45, 7) is -0.357. The predicted molar refractivity (Wildman–Crippen MR) is 86.1 cm³/mol. The Balaban J connectivity index is 1.62. The molecule has 0 aliphatic heterocycles. The minimum Gasteiger partial charge on any atom is -0.480 e. The van der Waals surface area contributed by atoms with Crippen LogP contribution in [0, 0.1) is 0 Å². The van der Waals surface area contributed by atoms with Crippen LogP contribution >= 0.6 is 23.1 Å². The van der Waals surface area contributed by atoms with Gasteiger partial charge in [-0.3, -0.25) is 9.59 Å². The molecule has 0 spiro atoms. The molecule has 1 amide bonds. The Bertz CT molecular complexity index is 863. The lowest BCUT2D eigenvalue weighted by molar-refractivity contribution is -0.138. The number of benzene rings is 1. The van der Waals surface area contributed by atoms with E-state index < -0.39 is 5.97 Å². The molecule has 0 saturated carbocycles. The molecule has 122 valence electrons. The van der Waals surface area contributed by atoms with Gasteiger partial charge in [0.2, 0.25) is 5.16 Å². The molecule has 0 aliphatic rings. The molecule has 0 saturated heterocycles. The molecule has 2 aromatic heterocycles. The minimum atomic E-state index is -1.05. The van der Waals surface area contributed by atoms with Crippen molar-refractivity contribution in [2.45, 2.75) is 16.0 Å². The molecule has 0 atom stereocenters. The smallest absolute Gasteiger partial charge is 0.327 e. The number of aliphatic carboxylic acids is 1. The van der Waals surface area contributed by atoms with E-state index in [4.69, 9.17) is 5.11 Å². The number of carboxylic acid groups (broad SMARTS) is 1. The van der Waals surface area contributed by atoms with Crippen LogP contribution in [0.25, 0.3) is 0 Å². The van der Waals surface area contributed by atoms with Gasteiger partial charge in [-0.25, -0.2) is 4.98 Å². The molecule has 0 bridgehead atoms. The summed E-state index contributed by atoms with van der Waals surface area (Å²) in [6, 6.07) is 8.85. The first-order valence-electron chi connectivity index (χ1n) is 6.60. The monoisotopic (exact) mass is 362 g/mol. The number of aromatic nitrogens is 5. The van der Waals surface area contributed by atoms with Crippen LogP contribution in [0.15, 0.2) is 46.0 Å². The van der Waals surface area contributed by atoms with Crippen molar-refractivity contribution in [1.82, 2.24) is 25.2 Å². The molecule has 0 radical (unpaired) electrons. The fourth-order valence-corrected chi connectivity index (χ4v) is 3.35. The third-order valence-corrected chi connectivity index (χ3v) is 4.48. The van der Waals surface area contributed by atoms with Crippen molar-refractivity contribution in [2.75, 3.05) is 5.32 Å². The van der Waals surface area contributed by atoms with Crippen molar-refractivity contribution < 1.29 is 14.7 Å². The van der Waals surface area contributed by atoms with Gasteiger partial charge in [-0.1, -0.05) is 29.5 Å². The Morgan fingerprint density at radius 1 is 1.29 bits per heavy atom. The standard InChI is InChI=1S/C13H10N6O3S2/c20-10(21)7-19-17-12(16-18-19)24-13-14-6-9(23-13)15-11(22)8-4-2-1-3-5-8/h1-6H,7H2,(H,15,22)(H,20,21). The zero-order valence-electron chi connectivity index (χ0n) is 12.0. The second-order valence-corrected chi connectivity index (χ2v) is 6.65. The van der Waals surface area contributed by atoms with Gasteiger partial charge in [0.15, 0.2) is 10.9 Å². The molecule has 11 heteroatoms. The Morgan fingerprint density at radius 3 is 2.83 bits per heavy atom. The van der Waals surface area contributed by atoms with Crippen LogP contribution in [0.2, 0.25) is 0 Å². The summed E-state index contributed by atoms with van der Waals surface area (Å²) in [6.07, 6.45) is 1.54. The van der Waals surface area contributed by atoms with Crippen molar-refractivity contribution in [3.8, 4) is 0 Å². The molecule has 0 fully saturated rings. The van der Waals surface area contributed by atoms with Gasteiger partial charge < -0.3 is 10.4 Å². The van der Waals surface area contributed by atoms with E-state index in [9.17, 15) is 9.59 Å². The first-order valence-corrected chi connectivity index (χ1v) is 8.23. The van der Waals surface area contributed by atoms with Gasteiger partial charge in [0, 0.05) is 5.56 Å². The Hall–Kier alpha value is -2.79. The summed E-state index contributed by atoms with van der Waals surface area (Å²) in [5, 5.41) is 23.6. The first kappa shape index (κ1) is 16.1. The van der Waals surface area contributed by atoms with E-state index in [1.54, 1.807) is 24.3 Å². The molecule has 9 nitrogen and oxygen atoms in total. The van der Waals surface area contributed by atoms with Gasteiger partial charge in [-0.2, -0.15) is 4.80 Å². The number of carbonyl (C=O) groups excluding carboxylic acids is 1. The third kappa shape index (κ3) is 4.14. The van der Waals surface area contributed by atoms with Crippen molar-refractivity contribution in [3.63, 3.8) is 0 Å². The van der Waals surface area contributed by atoms with Crippen LogP contribution in [0.5, 0.6) is 0 Å². The Labute approximate surface area is 143 Å². The van der Waals surface area contributed by atoms with Crippen LogP contribution in [0.4, 0.5) is 5.00 Å². The Morgan fingerprint density at radius 2 is 2.08 bits per heavy atom. The van der Waals surface area contributed by atoms with E-state index in [0.29, 0.717) is 14.9 Å². The highest BCUT2D eigenvalue weighted by Gasteiger charge is 2.12. The number of anilines is 1. The molecule has 0 aliphatic carbocycles. The third-order valence-electron chi connectivity index (χ3n) is 2.65. The number of amides is 1. The molecule has 1 aromatic carbocycles. The number of carbonyl (C=O) groups is 2. The average Bonchev–Trinajstić information content (AvgIpc) is 3.17. The predicted octanol–water partition coefficient (Wildman–Crippen LogP) is 1.62. The number of hydrogen-bond donors (Lipinski definition) is 2. The van der Waals surface area contributed by atoms with Gasteiger partial charge >= 0.3 is 5.97 Å². The van der Waals surface area contributed by atoms with Gasteiger partial charge in [0.1, 0.15) is 5.00 Å².